The van der Waals surface area contributed by atoms with Crippen LogP contribution in [0.4, 0.5) is 0 Å². The molecule has 0 aliphatic carbocycles. The van der Waals surface area contributed by atoms with E-state index in [1.807, 2.05) is 24.3 Å². The molecule has 0 heterocycles. The molecule has 0 fully saturated rings. The van der Waals surface area contributed by atoms with Gasteiger partial charge in [0.1, 0.15) is 11.5 Å². The third kappa shape index (κ3) is 3.34. The zero-order chi connectivity index (χ0) is 15.2. The first-order chi connectivity index (χ1) is 10.2. The van der Waals surface area contributed by atoms with E-state index in [2.05, 4.69) is 13.2 Å². The third-order valence-corrected chi connectivity index (χ3v) is 3.57. The van der Waals surface area contributed by atoms with Crippen LogP contribution in [0, 0.1) is 0 Å². The lowest BCUT2D eigenvalue weighted by molar-refractivity contribution is 0.468. The van der Waals surface area contributed by atoms with Crippen molar-refractivity contribution in [2.75, 3.05) is 0 Å². The Labute approximate surface area is 125 Å². The minimum Gasteiger partial charge on any atom is -0.508 e. The van der Waals surface area contributed by atoms with Crippen molar-refractivity contribution in [3.63, 3.8) is 0 Å². The van der Waals surface area contributed by atoms with E-state index in [4.69, 9.17) is 0 Å². The first kappa shape index (κ1) is 14.9. The van der Waals surface area contributed by atoms with E-state index in [0.717, 1.165) is 22.3 Å². The molecule has 0 saturated carbocycles. The second kappa shape index (κ2) is 6.80. The lowest BCUT2D eigenvalue weighted by Crippen LogP contribution is -1.99. The minimum absolute atomic E-state index is 0.290. The highest BCUT2D eigenvalue weighted by Crippen LogP contribution is 2.28. The largest absolute Gasteiger partial charge is 0.508 e. The van der Waals surface area contributed by atoms with E-state index in [0.29, 0.717) is 19.3 Å². The molecule has 0 amide bonds. The van der Waals surface area contributed by atoms with Crippen LogP contribution in [-0.4, -0.2) is 10.2 Å². The molecule has 0 bridgehead atoms. The summed E-state index contributed by atoms with van der Waals surface area (Å²) in [6, 6.07) is 11.1. The summed E-state index contributed by atoms with van der Waals surface area (Å²) in [5, 5.41) is 20.0. The highest BCUT2D eigenvalue weighted by molar-refractivity contribution is 5.47. The van der Waals surface area contributed by atoms with Gasteiger partial charge in [0.15, 0.2) is 0 Å². The average Bonchev–Trinajstić information content (AvgIpc) is 2.46. The minimum atomic E-state index is 0.290. The van der Waals surface area contributed by atoms with Gasteiger partial charge in [-0.05, 0) is 42.5 Å². The summed E-state index contributed by atoms with van der Waals surface area (Å²) in [5.74, 6) is 0.579. The summed E-state index contributed by atoms with van der Waals surface area (Å²) in [5.41, 5.74) is 3.87. The van der Waals surface area contributed by atoms with Crippen LogP contribution in [0.5, 0.6) is 11.5 Å². The molecule has 0 radical (unpaired) electrons. The Bertz CT molecular complexity index is 599. The van der Waals surface area contributed by atoms with Crippen molar-refractivity contribution in [1.82, 2.24) is 0 Å². The van der Waals surface area contributed by atoms with Crippen molar-refractivity contribution in [1.29, 1.82) is 0 Å². The highest BCUT2D eigenvalue weighted by atomic mass is 16.3. The Morgan fingerprint density at radius 1 is 0.762 bits per heavy atom. The fourth-order valence-corrected chi connectivity index (χ4v) is 2.54. The molecular formula is C19H20O2. The summed E-state index contributed by atoms with van der Waals surface area (Å²) < 4.78 is 0. The molecule has 0 unspecified atom stereocenters. The number of benzene rings is 2. The lowest BCUT2D eigenvalue weighted by Gasteiger charge is -2.13. The SMILES string of the molecule is C=CCc1c(O)cccc1Cc1cccc(O)c1CC=C. The molecule has 2 nitrogen and oxygen atoms in total. The van der Waals surface area contributed by atoms with Gasteiger partial charge < -0.3 is 10.2 Å². The number of phenolic OH excluding ortho intramolecular Hbond substituents is 2. The van der Waals surface area contributed by atoms with Crippen molar-refractivity contribution >= 4 is 0 Å². The molecule has 2 N–H and O–H groups in total. The Morgan fingerprint density at radius 2 is 1.19 bits per heavy atom. The lowest BCUT2D eigenvalue weighted by atomic mass is 9.93. The van der Waals surface area contributed by atoms with Gasteiger partial charge in [-0.2, -0.15) is 0 Å². The van der Waals surface area contributed by atoms with Crippen LogP contribution >= 0.6 is 0 Å². The van der Waals surface area contributed by atoms with E-state index in [9.17, 15) is 10.2 Å². The van der Waals surface area contributed by atoms with Gasteiger partial charge in [-0.3, -0.25) is 0 Å². The number of hydrogen-bond acceptors (Lipinski definition) is 2. The maximum Gasteiger partial charge on any atom is 0.119 e. The zero-order valence-electron chi connectivity index (χ0n) is 12.0. The van der Waals surface area contributed by atoms with Crippen LogP contribution in [0.1, 0.15) is 22.3 Å². The normalized spacial score (nSPS) is 10.3. The van der Waals surface area contributed by atoms with Gasteiger partial charge >= 0.3 is 0 Å². The van der Waals surface area contributed by atoms with Gasteiger partial charge in [0.2, 0.25) is 0 Å². The maximum absolute atomic E-state index is 10.0. The Hall–Kier alpha value is -2.48. The molecule has 108 valence electrons. The van der Waals surface area contributed by atoms with E-state index >= 15 is 0 Å². The van der Waals surface area contributed by atoms with E-state index in [1.54, 1.807) is 24.3 Å². The smallest absolute Gasteiger partial charge is 0.119 e. The molecular weight excluding hydrogens is 260 g/mol. The molecule has 2 rings (SSSR count). The molecule has 2 heteroatoms. The molecule has 0 aromatic heterocycles. The van der Waals surface area contributed by atoms with Crippen LogP contribution in [-0.2, 0) is 19.3 Å². The fraction of sp³-hybridized carbons (Fsp3) is 0.158. The Morgan fingerprint density at radius 3 is 1.57 bits per heavy atom. The first-order valence-electron chi connectivity index (χ1n) is 6.98. The molecule has 0 saturated heterocycles. The van der Waals surface area contributed by atoms with Gasteiger partial charge in [0, 0.05) is 11.1 Å². The molecule has 21 heavy (non-hydrogen) atoms. The van der Waals surface area contributed by atoms with Crippen LogP contribution < -0.4 is 0 Å². The van der Waals surface area contributed by atoms with Crippen molar-refractivity contribution in [3.8, 4) is 11.5 Å². The fourth-order valence-electron chi connectivity index (χ4n) is 2.54. The quantitative estimate of drug-likeness (QED) is 0.780. The topological polar surface area (TPSA) is 40.5 Å². The average molecular weight is 280 g/mol. The summed E-state index contributed by atoms with van der Waals surface area (Å²) in [6.07, 6.45) is 5.47. The first-order valence-corrected chi connectivity index (χ1v) is 6.98. The van der Waals surface area contributed by atoms with Gasteiger partial charge in [-0.25, -0.2) is 0 Å². The van der Waals surface area contributed by atoms with E-state index < -0.39 is 0 Å². The number of hydrogen-bond donors (Lipinski definition) is 2. The third-order valence-electron chi connectivity index (χ3n) is 3.57. The van der Waals surface area contributed by atoms with E-state index in [1.165, 1.54) is 0 Å². The number of allylic oxidation sites excluding steroid dienone is 2. The molecule has 2 aromatic rings. The molecule has 0 aliphatic heterocycles. The van der Waals surface area contributed by atoms with E-state index in [-0.39, 0.29) is 11.5 Å². The Kier molecular flexibility index (Phi) is 4.83. The monoisotopic (exact) mass is 280 g/mol. The number of aromatic hydroxyl groups is 2. The predicted octanol–water partition coefficient (Wildman–Crippen LogP) is 4.15. The number of phenols is 2. The summed E-state index contributed by atoms with van der Waals surface area (Å²) in [4.78, 5) is 0. The molecule has 0 atom stereocenters. The molecule has 0 aliphatic rings. The second-order valence-corrected chi connectivity index (χ2v) is 4.99. The zero-order valence-corrected chi connectivity index (χ0v) is 12.0. The summed E-state index contributed by atoms with van der Waals surface area (Å²) in [7, 11) is 0. The standard InChI is InChI=1S/C19H20O2/c1-3-7-16-14(9-5-11-18(16)20)13-15-10-6-12-19(21)17(15)8-4-2/h3-6,9-12,20-21H,1-2,7-8,13H2. The highest BCUT2D eigenvalue weighted by Gasteiger charge is 2.11. The second-order valence-electron chi connectivity index (χ2n) is 4.99. The Balaban J connectivity index is 2.43. The van der Waals surface area contributed by atoms with Gasteiger partial charge in [-0.15, -0.1) is 13.2 Å². The van der Waals surface area contributed by atoms with Crippen LogP contribution in [0.3, 0.4) is 0 Å². The summed E-state index contributed by atoms with van der Waals surface area (Å²) in [6.45, 7) is 7.48. The predicted molar refractivity (Wildman–Crippen MR) is 86.8 cm³/mol. The van der Waals surface area contributed by atoms with Crippen molar-refractivity contribution in [3.05, 3.63) is 84.0 Å². The maximum atomic E-state index is 10.0. The van der Waals surface area contributed by atoms with Crippen molar-refractivity contribution < 1.29 is 10.2 Å². The van der Waals surface area contributed by atoms with Crippen LogP contribution in [0.25, 0.3) is 0 Å². The van der Waals surface area contributed by atoms with Gasteiger partial charge in [-0.1, -0.05) is 36.4 Å². The van der Waals surface area contributed by atoms with Gasteiger partial charge in [0.05, 0.1) is 0 Å². The van der Waals surface area contributed by atoms with Crippen molar-refractivity contribution in [2.24, 2.45) is 0 Å². The number of rotatable bonds is 6. The van der Waals surface area contributed by atoms with Crippen LogP contribution in [0.2, 0.25) is 0 Å². The summed E-state index contributed by atoms with van der Waals surface area (Å²) >= 11 is 0. The van der Waals surface area contributed by atoms with Crippen molar-refractivity contribution in [2.45, 2.75) is 19.3 Å². The molecule has 0 spiro atoms. The molecule has 2 aromatic carbocycles. The van der Waals surface area contributed by atoms with Crippen LogP contribution in [0.15, 0.2) is 61.7 Å². The van der Waals surface area contributed by atoms with Gasteiger partial charge in [0.25, 0.3) is 0 Å².